The van der Waals surface area contributed by atoms with E-state index < -0.39 is 81.5 Å². The number of halogens is 7. The van der Waals surface area contributed by atoms with Crippen molar-refractivity contribution in [1.29, 1.82) is 0 Å². The number of amides is 1. The molecular weight excluding hydrogens is 762 g/mol. The number of benzene rings is 3. The molecule has 0 bridgehead atoms. The van der Waals surface area contributed by atoms with Gasteiger partial charge in [0.25, 0.3) is 12.3 Å². The molecule has 1 fully saturated rings. The highest BCUT2D eigenvalue weighted by molar-refractivity contribution is 7.92. The predicted molar refractivity (Wildman–Crippen MR) is 186 cm³/mol. The van der Waals surface area contributed by atoms with Crippen molar-refractivity contribution in [3.05, 3.63) is 99.5 Å². The van der Waals surface area contributed by atoms with Gasteiger partial charge in [-0.15, -0.1) is 0 Å². The number of alkyl halides is 4. The van der Waals surface area contributed by atoms with Crippen molar-refractivity contribution in [2.45, 2.75) is 43.1 Å². The van der Waals surface area contributed by atoms with E-state index in [1.165, 1.54) is 23.9 Å². The van der Waals surface area contributed by atoms with Gasteiger partial charge in [0.15, 0.2) is 5.82 Å². The minimum Gasteiger partial charge on any atom is -0.368 e. The van der Waals surface area contributed by atoms with E-state index in [2.05, 4.69) is 14.9 Å². The first-order chi connectivity index (χ1) is 25.4. The van der Waals surface area contributed by atoms with E-state index in [1.54, 1.807) is 24.3 Å². The Labute approximate surface area is 307 Å². The number of para-hydroxylation sites is 2. The number of carbonyl (C=O) groups is 1. The van der Waals surface area contributed by atoms with Crippen molar-refractivity contribution in [2.75, 3.05) is 11.0 Å². The number of carbonyl (C=O) groups excluding carboxylic acids is 1. The number of aryl methyl sites for hydroxylation is 1. The number of aromatic nitrogens is 6. The van der Waals surface area contributed by atoms with E-state index in [0.717, 1.165) is 18.4 Å². The third-order valence-electron chi connectivity index (χ3n) is 9.86. The number of anilines is 1. The van der Waals surface area contributed by atoms with Crippen molar-refractivity contribution in [2.24, 2.45) is 18.7 Å². The summed E-state index contributed by atoms with van der Waals surface area (Å²) < 4.78 is 119. The number of hydrogen-bond donors (Lipinski definition) is 2. The summed E-state index contributed by atoms with van der Waals surface area (Å²) in [6.45, 7) is 0. The van der Waals surface area contributed by atoms with Crippen molar-refractivity contribution in [3.8, 4) is 11.3 Å². The minimum absolute atomic E-state index is 0.00936. The molecule has 0 saturated heterocycles. The molecule has 1 saturated carbocycles. The fourth-order valence-electron chi connectivity index (χ4n) is 7.73. The maximum atomic E-state index is 16.0. The van der Waals surface area contributed by atoms with Crippen molar-refractivity contribution >= 4 is 55.3 Å². The molecule has 4 atom stereocenters. The molecule has 2 aliphatic rings. The molecule has 8 rings (SSSR count). The van der Waals surface area contributed by atoms with Crippen LogP contribution in [0.15, 0.2) is 54.6 Å². The van der Waals surface area contributed by atoms with Crippen molar-refractivity contribution < 1.29 is 39.6 Å². The smallest absolute Gasteiger partial charge is 0.293 e. The molecule has 3 N–H and O–H groups in total. The monoisotopic (exact) mass is 788 g/mol. The second-order valence-electron chi connectivity index (χ2n) is 13.5. The Kier molecular flexibility index (Phi) is 8.22. The number of sulfonamides is 1. The Morgan fingerprint density at radius 2 is 1.70 bits per heavy atom. The molecule has 0 aliphatic heterocycles. The second-order valence-corrected chi connectivity index (χ2v) is 15.7. The average molecular weight is 789 g/mol. The zero-order valence-corrected chi connectivity index (χ0v) is 29.6. The van der Waals surface area contributed by atoms with Crippen LogP contribution in [0.25, 0.3) is 33.2 Å². The molecule has 0 radical (unpaired) electrons. The van der Waals surface area contributed by atoms with E-state index >= 15 is 8.78 Å². The van der Waals surface area contributed by atoms with Gasteiger partial charge in [-0.25, -0.2) is 40.6 Å². The van der Waals surface area contributed by atoms with Gasteiger partial charge < -0.3 is 5.73 Å². The third kappa shape index (κ3) is 5.82. The summed E-state index contributed by atoms with van der Waals surface area (Å²) in [6, 6.07) is 10.0. The van der Waals surface area contributed by atoms with Crippen LogP contribution in [0.5, 0.6) is 0 Å². The Balaban J connectivity index is 1.45. The first kappa shape index (κ1) is 35.8. The molecule has 1 amide bonds. The minimum atomic E-state index is -3.86. The van der Waals surface area contributed by atoms with Gasteiger partial charge in [-0.05, 0) is 60.7 Å². The summed E-state index contributed by atoms with van der Waals surface area (Å²) in [6.07, 6.45) is -2.91. The molecule has 19 heteroatoms. The van der Waals surface area contributed by atoms with Crippen LogP contribution in [0, 0.1) is 17.6 Å². The zero-order chi connectivity index (χ0) is 38.6. The summed E-state index contributed by atoms with van der Waals surface area (Å²) in [7, 11) is -2.37. The Bertz CT molecular complexity index is 2650. The fraction of sp³-hybridized carbons (Fsp3) is 0.286. The SMILES string of the molecule is Cn1nc(NS(C)(=O)=O)c2c(Cl)ccc(-c3nc4ccccc4nc3[C@@H](Cc3cc(F)cc(F)c3)C(C(N)=O)n3nc(C(F)F)c4c3C(F)(F)[C@@H]3C[C@H]43)c21. The molecule has 11 nitrogen and oxygen atoms in total. The Hall–Kier alpha value is -5.23. The van der Waals surface area contributed by atoms with E-state index in [4.69, 9.17) is 27.3 Å². The summed E-state index contributed by atoms with van der Waals surface area (Å²) in [5.41, 5.74) is 4.67. The van der Waals surface area contributed by atoms with Gasteiger partial charge in [-0.3, -0.25) is 14.2 Å². The van der Waals surface area contributed by atoms with Gasteiger partial charge in [0.2, 0.25) is 15.9 Å². The van der Waals surface area contributed by atoms with Crippen LogP contribution < -0.4 is 10.5 Å². The number of nitrogens with two attached hydrogens (primary N) is 1. The van der Waals surface area contributed by atoms with Crippen LogP contribution in [0.4, 0.5) is 32.2 Å². The molecule has 0 spiro atoms. The first-order valence-electron chi connectivity index (χ1n) is 16.4. The normalized spacial score (nSPS) is 18.6. The van der Waals surface area contributed by atoms with E-state index in [-0.39, 0.29) is 61.8 Å². The lowest BCUT2D eigenvalue weighted by atomic mass is 9.85. The van der Waals surface area contributed by atoms with Gasteiger partial charge >= 0.3 is 0 Å². The number of rotatable bonds is 10. The lowest BCUT2D eigenvalue weighted by Gasteiger charge is -2.29. The molecule has 3 heterocycles. The molecule has 6 aromatic rings. The van der Waals surface area contributed by atoms with Crippen LogP contribution >= 0.6 is 11.6 Å². The number of fused-ring (bicyclic) bond motifs is 5. The standard InChI is InChI=1S/C35H27ClF6N8O3S/c1-49-29-17(7-8-21(36)25(29)34(47-49)48-54(2,52)53)26-27(45-23-6-4-3-5-22(23)44-26)19(11-14-9-15(37)12-16(38)10-14)30(33(43)51)50-31-24(28(46-50)32(39)40)18-13-20(18)35(31,41)42/h3-10,12,18-20,30,32H,11,13H2,1-2H3,(H2,43,51)(H,47,48)/t18-,19+,20+,30?/m0/s1. The molecule has 54 heavy (non-hydrogen) atoms. The Morgan fingerprint density at radius 3 is 2.33 bits per heavy atom. The maximum Gasteiger partial charge on any atom is 0.293 e. The summed E-state index contributed by atoms with van der Waals surface area (Å²) in [4.78, 5) is 23.4. The van der Waals surface area contributed by atoms with Gasteiger partial charge in [-0.1, -0.05) is 23.7 Å². The van der Waals surface area contributed by atoms with Crippen molar-refractivity contribution in [1.82, 2.24) is 29.5 Å². The quantitative estimate of drug-likeness (QED) is 0.144. The Morgan fingerprint density at radius 1 is 1.04 bits per heavy atom. The molecule has 1 unspecified atom stereocenters. The van der Waals surface area contributed by atoms with Gasteiger partial charge in [-0.2, -0.15) is 19.0 Å². The summed E-state index contributed by atoms with van der Waals surface area (Å²) >= 11 is 6.59. The molecule has 2 aliphatic carbocycles. The molecule has 3 aromatic carbocycles. The van der Waals surface area contributed by atoms with E-state index in [0.29, 0.717) is 16.3 Å². The van der Waals surface area contributed by atoms with Gasteiger partial charge in [0, 0.05) is 36.1 Å². The maximum absolute atomic E-state index is 16.0. The van der Waals surface area contributed by atoms with Crippen LogP contribution in [0.2, 0.25) is 5.02 Å². The predicted octanol–water partition coefficient (Wildman–Crippen LogP) is 6.88. The third-order valence-corrected chi connectivity index (χ3v) is 10.7. The highest BCUT2D eigenvalue weighted by atomic mass is 35.5. The lowest BCUT2D eigenvalue weighted by molar-refractivity contribution is -0.122. The number of nitrogens with zero attached hydrogens (tertiary/aromatic N) is 6. The molecule has 280 valence electrons. The second kappa shape index (κ2) is 12.4. The van der Waals surface area contributed by atoms with Crippen LogP contribution in [0.3, 0.4) is 0 Å². The fourth-order valence-corrected chi connectivity index (χ4v) is 8.47. The molecular formula is C35H27ClF6N8O3S. The lowest BCUT2D eigenvalue weighted by Crippen LogP contribution is -2.37. The average Bonchev–Trinajstić information content (AvgIpc) is 3.61. The van der Waals surface area contributed by atoms with Crippen LogP contribution in [-0.4, -0.2) is 50.1 Å². The largest absolute Gasteiger partial charge is 0.368 e. The molecule has 3 aromatic heterocycles. The van der Waals surface area contributed by atoms with E-state index in [9.17, 15) is 30.8 Å². The number of primary amides is 1. The number of hydrogen-bond acceptors (Lipinski definition) is 7. The highest BCUT2D eigenvalue weighted by Gasteiger charge is 2.67. The topological polar surface area (TPSA) is 151 Å². The van der Waals surface area contributed by atoms with Gasteiger partial charge in [0.05, 0.1) is 44.6 Å². The highest BCUT2D eigenvalue weighted by Crippen LogP contribution is 2.68. The van der Waals surface area contributed by atoms with Crippen molar-refractivity contribution in [3.63, 3.8) is 0 Å². The number of nitrogens with one attached hydrogen (secondary N) is 1. The van der Waals surface area contributed by atoms with Crippen LogP contribution in [-0.2, 0) is 34.2 Å². The summed E-state index contributed by atoms with van der Waals surface area (Å²) in [5.74, 6) is -10.8. The van der Waals surface area contributed by atoms with Gasteiger partial charge in [0.1, 0.15) is 29.1 Å². The van der Waals surface area contributed by atoms with E-state index in [1.807, 2.05) is 0 Å². The summed E-state index contributed by atoms with van der Waals surface area (Å²) in [5, 5.41) is 8.45. The first-order valence-corrected chi connectivity index (χ1v) is 18.6. The van der Waals surface area contributed by atoms with Crippen LogP contribution in [0.1, 0.15) is 58.9 Å². The zero-order valence-electron chi connectivity index (χ0n) is 28.0.